The Labute approximate surface area is 183 Å². The van der Waals surface area contributed by atoms with Crippen molar-refractivity contribution in [2.75, 3.05) is 13.1 Å². The number of rotatable bonds is 4. The van der Waals surface area contributed by atoms with Crippen molar-refractivity contribution in [1.82, 2.24) is 4.90 Å². The summed E-state index contributed by atoms with van der Waals surface area (Å²) in [7, 11) is 0. The van der Waals surface area contributed by atoms with Crippen LogP contribution in [-0.2, 0) is 9.47 Å². The van der Waals surface area contributed by atoms with Gasteiger partial charge in [-0.05, 0) is 29.8 Å². The molecular weight excluding hydrogens is 410 g/mol. The smallest absolute Gasteiger partial charge is 0.507 e. The molecule has 0 bridgehead atoms. The number of hydrogen-bond acceptors (Lipinski definition) is 6. The molecule has 0 spiro atoms. The number of hydrogen-bond donors (Lipinski definition) is 1. The van der Waals surface area contributed by atoms with Gasteiger partial charge < -0.3 is 19.5 Å². The zero-order valence-electron chi connectivity index (χ0n) is 16.9. The molecule has 3 aromatic carbocycles. The molecule has 2 fully saturated rings. The van der Waals surface area contributed by atoms with E-state index in [1.807, 2.05) is 30.3 Å². The van der Waals surface area contributed by atoms with Crippen LogP contribution in [0.3, 0.4) is 0 Å². The monoisotopic (exact) mass is 429 g/mol. The van der Waals surface area contributed by atoms with Crippen molar-refractivity contribution in [2.24, 2.45) is 0 Å². The molecule has 0 unspecified atom stereocenters. The zero-order chi connectivity index (χ0) is 22.2. The minimum Gasteiger partial charge on any atom is -0.507 e. The Morgan fingerprint density at radius 2 is 1.47 bits per heavy atom. The molecule has 32 heavy (non-hydrogen) atoms. The molecular formula is C25H19NO6. The number of aromatic hydroxyl groups is 1. The summed E-state index contributed by atoms with van der Waals surface area (Å²) in [4.78, 5) is 39.3. The van der Waals surface area contributed by atoms with E-state index in [2.05, 4.69) is 0 Å². The highest BCUT2D eigenvalue weighted by Gasteiger charge is 2.46. The maximum atomic E-state index is 13.4. The van der Waals surface area contributed by atoms with Crippen molar-refractivity contribution in [1.29, 1.82) is 0 Å². The average molecular weight is 429 g/mol. The van der Waals surface area contributed by atoms with Crippen LogP contribution >= 0.6 is 0 Å². The molecule has 0 radical (unpaired) electrons. The largest absolute Gasteiger partial charge is 0.509 e. The second-order valence-corrected chi connectivity index (χ2v) is 7.75. The molecule has 7 nitrogen and oxygen atoms in total. The van der Waals surface area contributed by atoms with Crippen LogP contribution in [0.15, 0.2) is 72.8 Å². The van der Waals surface area contributed by atoms with Crippen molar-refractivity contribution < 1.29 is 29.0 Å². The van der Waals surface area contributed by atoms with Crippen LogP contribution in [0.2, 0.25) is 0 Å². The average Bonchev–Trinajstić information content (AvgIpc) is 3.36. The minimum atomic E-state index is -0.718. The van der Waals surface area contributed by atoms with Crippen LogP contribution in [0.5, 0.6) is 5.75 Å². The van der Waals surface area contributed by atoms with E-state index in [0.717, 1.165) is 5.56 Å². The fourth-order valence-electron chi connectivity index (χ4n) is 4.13. The van der Waals surface area contributed by atoms with Crippen LogP contribution in [0.25, 0.3) is 11.1 Å². The number of ether oxygens (including phenoxy) is 2. The fraction of sp³-hybridized carbons (Fsp3) is 0.160. The molecule has 3 aromatic rings. The number of fused-ring (bicyclic) bond motifs is 1. The molecule has 1 N–H and O–H groups in total. The first kappa shape index (κ1) is 19.8. The summed E-state index contributed by atoms with van der Waals surface area (Å²) >= 11 is 0. The molecule has 0 saturated carbocycles. The van der Waals surface area contributed by atoms with E-state index in [4.69, 9.17) is 9.47 Å². The van der Waals surface area contributed by atoms with Gasteiger partial charge in [-0.15, -0.1) is 0 Å². The number of ketones is 1. The number of carbonyl (C=O) groups is 3. The fourth-order valence-corrected chi connectivity index (χ4v) is 4.13. The lowest BCUT2D eigenvalue weighted by molar-refractivity contribution is 0.0671. The van der Waals surface area contributed by atoms with Crippen molar-refractivity contribution in [3.63, 3.8) is 0 Å². The lowest BCUT2D eigenvalue weighted by Crippen LogP contribution is -2.32. The van der Waals surface area contributed by atoms with E-state index < -0.39 is 18.4 Å². The van der Waals surface area contributed by atoms with Gasteiger partial charge in [0.05, 0.1) is 18.7 Å². The number of likely N-dealkylation sites (tertiary alicyclic amines) is 1. The lowest BCUT2D eigenvalue weighted by atomic mass is 9.94. The van der Waals surface area contributed by atoms with Gasteiger partial charge in [-0.2, -0.15) is 0 Å². The van der Waals surface area contributed by atoms with Gasteiger partial charge >= 0.3 is 6.16 Å². The summed E-state index contributed by atoms with van der Waals surface area (Å²) in [6, 6.07) is 20.5. The first-order chi connectivity index (χ1) is 15.5. The summed E-state index contributed by atoms with van der Waals surface area (Å²) in [6.45, 7) is 0.435. The van der Waals surface area contributed by atoms with Crippen LogP contribution < -0.4 is 0 Å². The first-order valence-corrected chi connectivity index (χ1v) is 10.2. The molecule has 160 valence electrons. The van der Waals surface area contributed by atoms with E-state index in [-0.39, 0.29) is 41.7 Å². The Bertz CT molecular complexity index is 1210. The Morgan fingerprint density at radius 1 is 0.844 bits per heavy atom. The maximum Gasteiger partial charge on any atom is 0.509 e. The molecule has 2 saturated heterocycles. The summed E-state index contributed by atoms with van der Waals surface area (Å²) in [5, 5.41) is 10.3. The molecule has 5 rings (SSSR count). The first-order valence-electron chi connectivity index (χ1n) is 10.2. The Balaban J connectivity index is 1.45. The van der Waals surface area contributed by atoms with E-state index in [0.29, 0.717) is 11.1 Å². The van der Waals surface area contributed by atoms with Crippen molar-refractivity contribution in [2.45, 2.75) is 12.2 Å². The highest BCUT2D eigenvalue weighted by Crippen LogP contribution is 2.31. The lowest BCUT2D eigenvalue weighted by Gasteiger charge is -2.18. The van der Waals surface area contributed by atoms with E-state index in [1.165, 1.54) is 11.0 Å². The van der Waals surface area contributed by atoms with Crippen LogP contribution in [-0.4, -0.2) is 53.1 Å². The second kappa shape index (κ2) is 7.85. The Morgan fingerprint density at radius 3 is 2.16 bits per heavy atom. The van der Waals surface area contributed by atoms with E-state index in [9.17, 15) is 19.5 Å². The third-order valence-electron chi connectivity index (χ3n) is 5.74. The predicted octanol–water partition coefficient (Wildman–Crippen LogP) is 3.65. The molecule has 0 aromatic heterocycles. The van der Waals surface area contributed by atoms with E-state index >= 15 is 0 Å². The molecule has 2 aliphatic heterocycles. The number of nitrogens with zero attached hydrogens (tertiary/aromatic N) is 1. The number of amides is 1. The van der Waals surface area contributed by atoms with Crippen molar-refractivity contribution >= 4 is 17.8 Å². The minimum absolute atomic E-state index is 0.0651. The van der Waals surface area contributed by atoms with Crippen molar-refractivity contribution in [3.05, 3.63) is 89.5 Å². The SMILES string of the molecule is O=C1O[C@H]2CN(C(=O)c3ccccc3C(=O)c3ccc(O)c(-c4ccccc4)c3)C[C@H]2O1. The van der Waals surface area contributed by atoms with Crippen molar-refractivity contribution in [3.8, 4) is 16.9 Å². The van der Waals surface area contributed by atoms with Crippen LogP contribution in [0.1, 0.15) is 26.3 Å². The van der Waals surface area contributed by atoms with Gasteiger partial charge in [-0.1, -0.05) is 48.5 Å². The molecule has 1 amide bonds. The Hall–Kier alpha value is -4.13. The maximum absolute atomic E-state index is 13.4. The summed E-state index contributed by atoms with van der Waals surface area (Å²) < 4.78 is 10.1. The summed E-state index contributed by atoms with van der Waals surface area (Å²) in [5.74, 6) is -0.589. The van der Waals surface area contributed by atoms with Crippen LogP contribution in [0.4, 0.5) is 4.79 Å². The molecule has 2 heterocycles. The highest BCUT2D eigenvalue weighted by molar-refractivity contribution is 6.15. The summed E-state index contributed by atoms with van der Waals surface area (Å²) in [6.07, 6.45) is -1.69. The molecule has 7 heteroatoms. The normalized spacial score (nSPS) is 19.2. The van der Waals surface area contributed by atoms with Gasteiger partial charge in [0.2, 0.25) is 0 Å². The second-order valence-electron chi connectivity index (χ2n) is 7.75. The standard InChI is InChI=1S/C25H19NO6/c27-20-11-10-16(12-19(20)15-6-2-1-3-7-15)23(28)17-8-4-5-9-18(17)24(29)26-13-21-22(14-26)32-25(30)31-21/h1-12,21-22,27H,13-14H2/t21-,22+. The van der Waals surface area contributed by atoms with Gasteiger partial charge in [0, 0.05) is 16.7 Å². The predicted molar refractivity (Wildman–Crippen MR) is 114 cm³/mol. The molecule has 2 atom stereocenters. The molecule has 2 aliphatic rings. The van der Waals surface area contributed by atoms with E-state index in [1.54, 1.807) is 36.4 Å². The number of benzene rings is 3. The third kappa shape index (κ3) is 3.47. The quantitative estimate of drug-likeness (QED) is 0.503. The Kier molecular flexibility index (Phi) is 4.86. The van der Waals surface area contributed by atoms with Crippen LogP contribution in [0, 0.1) is 0 Å². The van der Waals surface area contributed by atoms with Gasteiger partial charge in [0.1, 0.15) is 5.75 Å². The number of phenols is 1. The molecule has 0 aliphatic carbocycles. The highest BCUT2D eigenvalue weighted by atomic mass is 16.8. The van der Waals surface area contributed by atoms with Gasteiger partial charge in [-0.25, -0.2) is 4.79 Å². The third-order valence-corrected chi connectivity index (χ3v) is 5.74. The van der Waals surface area contributed by atoms with Gasteiger partial charge in [0.15, 0.2) is 18.0 Å². The number of carbonyl (C=O) groups excluding carboxylic acids is 3. The zero-order valence-corrected chi connectivity index (χ0v) is 16.9. The number of phenolic OH excluding ortho intramolecular Hbond substituents is 1. The van der Waals surface area contributed by atoms with Gasteiger partial charge in [0.25, 0.3) is 5.91 Å². The van der Waals surface area contributed by atoms with Gasteiger partial charge in [-0.3, -0.25) is 9.59 Å². The summed E-state index contributed by atoms with van der Waals surface area (Å²) in [5.41, 5.74) is 2.20. The topological polar surface area (TPSA) is 93.1 Å².